The summed E-state index contributed by atoms with van der Waals surface area (Å²) in [6.45, 7) is 0. The number of benzene rings is 1. The predicted molar refractivity (Wildman–Crippen MR) is 74.6 cm³/mol. The molecule has 3 aromatic heterocycles. The molecule has 90 valence electrons. The Balaban J connectivity index is 2.09. The molecule has 1 N–H and O–H groups in total. The predicted octanol–water partition coefficient (Wildman–Crippen LogP) is 3.17. The second kappa shape index (κ2) is 3.88. The summed E-state index contributed by atoms with van der Waals surface area (Å²) < 4.78 is 0. The molecule has 0 aliphatic rings. The van der Waals surface area contributed by atoms with Crippen molar-refractivity contribution in [2.24, 2.45) is 0 Å². The van der Waals surface area contributed by atoms with Crippen LogP contribution >= 0.6 is 0 Å². The molecule has 4 rings (SSSR count). The van der Waals surface area contributed by atoms with Gasteiger partial charge >= 0.3 is 0 Å². The molecule has 4 nitrogen and oxygen atoms in total. The van der Waals surface area contributed by atoms with Gasteiger partial charge in [0, 0.05) is 29.4 Å². The Labute approximate surface area is 109 Å². The number of imidazole rings is 1. The first-order valence-electron chi connectivity index (χ1n) is 6.06. The fourth-order valence-electron chi connectivity index (χ4n) is 2.26. The number of rotatable bonds is 1. The second-order valence-electron chi connectivity index (χ2n) is 4.35. The highest BCUT2D eigenvalue weighted by molar-refractivity contribution is 6.03. The van der Waals surface area contributed by atoms with Gasteiger partial charge in [-0.2, -0.15) is 0 Å². The van der Waals surface area contributed by atoms with Gasteiger partial charge in [0.15, 0.2) is 5.82 Å². The van der Waals surface area contributed by atoms with Crippen LogP contribution in [-0.2, 0) is 0 Å². The van der Waals surface area contributed by atoms with E-state index in [1.165, 1.54) is 0 Å². The van der Waals surface area contributed by atoms with Crippen LogP contribution in [0.1, 0.15) is 0 Å². The number of nitrogens with zero attached hydrogens (tertiary/aromatic N) is 3. The maximum absolute atomic E-state index is 4.69. The summed E-state index contributed by atoms with van der Waals surface area (Å²) in [5.74, 6) is 0.773. The molecule has 1 aromatic carbocycles. The normalized spacial score (nSPS) is 11.2. The van der Waals surface area contributed by atoms with E-state index in [1.807, 2.05) is 24.3 Å². The average molecular weight is 246 g/mol. The highest BCUT2D eigenvalue weighted by atomic mass is 14.9. The summed E-state index contributed by atoms with van der Waals surface area (Å²) in [6, 6.07) is 12.1. The lowest BCUT2D eigenvalue weighted by atomic mass is 10.1. The minimum absolute atomic E-state index is 0.773. The van der Waals surface area contributed by atoms with Crippen molar-refractivity contribution in [3.8, 4) is 11.5 Å². The molecule has 0 fully saturated rings. The Hall–Kier alpha value is -2.75. The topological polar surface area (TPSA) is 54.5 Å². The molecule has 0 unspecified atom stereocenters. The third kappa shape index (κ3) is 1.57. The third-order valence-corrected chi connectivity index (χ3v) is 3.17. The molecule has 0 amide bonds. The van der Waals surface area contributed by atoms with Gasteiger partial charge in [-0.3, -0.25) is 4.98 Å². The molecule has 19 heavy (non-hydrogen) atoms. The van der Waals surface area contributed by atoms with Gasteiger partial charge in [-0.25, -0.2) is 9.97 Å². The summed E-state index contributed by atoms with van der Waals surface area (Å²) in [7, 11) is 0. The molecule has 0 radical (unpaired) electrons. The highest BCUT2D eigenvalue weighted by Gasteiger charge is 2.06. The van der Waals surface area contributed by atoms with E-state index in [-0.39, 0.29) is 0 Å². The Bertz CT molecular complexity index is 866. The molecule has 4 heteroatoms. The Morgan fingerprint density at radius 3 is 2.47 bits per heavy atom. The third-order valence-electron chi connectivity index (χ3n) is 3.17. The Morgan fingerprint density at radius 2 is 1.63 bits per heavy atom. The van der Waals surface area contributed by atoms with Crippen molar-refractivity contribution in [3.63, 3.8) is 0 Å². The van der Waals surface area contributed by atoms with Crippen molar-refractivity contribution in [2.75, 3.05) is 0 Å². The van der Waals surface area contributed by atoms with E-state index < -0.39 is 0 Å². The zero-order chi connectivity index (χ0) is 12.7. The average Bonchev–Trinajstić information content (AvgIpc) is 3.01. The minimum atomic E-state index is 0.773. The summed E-state index contributed by atoms with van der Waals surface area (Å²) in [5.41, 5.74) is 2.66. The number of hydrogen-bond acceptors (Lipinski definition) is 3. The molecule has 0 saturated carbocycles. The van der Waals surface area contributed by atoms with Crippen molar-refractivity contribution in [3.05, 3.63) is 55.0 Å². The summed E-state index contributed by atoms with van der Waals surface area (Å²) >= 11 is 0. The number of nitrogens with one attached hydrogen (secondary N) is 1. The van der Waals surface area contributed by atoms with E-state index in [0.717, 1.165) is 33.3 Å². The van der Waals surface area contributed by atoms with Gasteiger partial charge in [0.25, 0.3) is 0 Å². The zero-order valence-electron chi connectivity index (χ0n) is 10.0. The molecule has 0 bridgehead atoms. The van der Waals surface area contributed by atoms with E-state index in [1.54, 1.807) is 18.6 Å². The van der Waals surface area contributed by atoms with Crippen molar-refractivity contribution >= 4 is 21.8 Å². The van der Waals surface area contributed by atoms with Crippen molar-refractivity contribution in [1.29, 1.82) is 0 Å². The summed E-state index contributed by atoms with van der Waals surface area (Å²) in [4.78, 5) is 16.4. The molecule has 0 aliphatic heterocycles. The molecule has 3 heterocycles. The van der Waals surface area contributed by atoms with Crippen LogP contribution in [0.5, 0.6) is 0 Å². The van der Waals surface area contributed by atoms with Gasteiger partial charge < -0.3 is 4.98 Å². The van der Waals surface area contributed by atoms with E-state index >= 15 is 0 Å². The lowest BCUT2D eigenvalue weighted by Gasteiger charge is -2.03. The van der Waals surface area contributed by atoms with Crippen LogP contribution in [0.2, 0.25) is 0 Å². The maximum Gasteiger partial charge on any atom is 0.155 e. The smallest absolute Gasteiger partial charge is 0.155 e. The van der Waals surface area contributed by atoms with Crippen LogP contribution in [0.3, 0.4) is 0 Å². The van der Waals surface area contributed by atoms with Crippen LogP contribution in [0.4, 0.5) is 0 Å². The number of hydrogen-bond donors (Lipinski definition) is 1. The van der Waals surface area contributed by atoms with Gasteiger partial charge in [-0.05, 0) is 12.1 Å². The van der Waals surface area contributed by atoms with Crippen LogP contribution < -0.4 is 0 Å². The fourth-order valence-corrected chi connectivity index (χ4v) is 2.26. The standard InChI is InChI=1S/C15H10N4/c1-2-10-3-4-11-5-6-12(15-17-8-9-18-15)19-14(11)13(10)16-7-1/h1-9H,(H,17,18). The van der Waals surface area contributed by atoms with E-state index in [0.29, 0.717) is 0 Å². The first-order valence-corrected chi connectivity index (χ1v) is 6.06. The largest absolute Gasteiger partial charge is 0.343 e. The van der Waals surface area contributed by atoms with E-state index in [2.05, 4.69) is 32.1 Å². The summed E-state index contributed by atoms with van der Waals surface area (Å²) in [6.07, 6.45) is 5.31. The number of aromatic nitrogens is 4. The van der Waals surface area contributed by atoms with Gasteiger partial charge in [-0.1, -0.05) is 24.3 Å². The number of H-pyrrole nitrogens is 1. The second-order valence-corrected chi connectivity index (χ2v) is 4.35. The van der Waals surface area contributed by atoms with Crippen LogP contribution in [0.15, 0.2) is 55.0 Å². The molecule has 0 saturated heterocycles. The lowest BCUT2D eigenvalue weighted by molar-refractivity contribution is 1.25. The van der Waals surface area contributed by atoms with Crippen LogP contribution in [0.25, 0.3) is 33.3 Å². The molecule has 0 aliphatic carbocycles. The van der Waals surface area contributed by atoms with Gasteiger partial charge in [0.2, 0.25) is 0 Å². The van der Waals surface area contributed by atoms with Crippen molar-refractivity contribution in [1.82, 2.24) is 19.9 Å². The summed E-state index contributed by atoms with van der Waals surface area (Å²) in [5, 5.41) is 2.18. The van der Waals surface area contributed by atoms with Gasteiger partial charge in [-0.15, -0.1) is 0 Å². The van der Waals surface area contributed by atoms with Crippen LogP contribution in [-0.4, -0.2) is 19.9 Å². The molecular weight excluding hydrogens is 236 g/mol. The van der Waals surface area contributed by atoms with Gasteiger partial charge in [0.05, 0.1) is 11.0 Å². The monoisotopic (exact) mass is 246 g/mol. The van der Waals surface area contributed by atoms with Crippen LogP contribution in [0, 0.1) is 0 Å². The first kappa shape index (κ1) is 10.2. The Kier molecular flexibility index (Phi) is 2.08. The Morgan fingerprint density at radius 1 is 0.789 bits per heavy atom. The molecule has 0 atom stereocenters. The lowest BCUT2D eigenvalue weighted by Crippen LogP contribution is -1.89. The minimum Gasteiger partial charge on any atom is -0.343 e. The number of aromatic amines is 1. The zero-order valence-corrected chi connectivity index (χ0v) is 10.0. The highest BCUT2D eigenvalue weighted by Crippen LogP contribution is 2.24. The van der Waals surface area contributed by atoms with E-state index in [9.17, 15) is 0 Å². The molecule has 4 aromatic rings. The number of fused-ring (bicyclic) bond motifs is 3. The van der Waals surface area contributed by atoms with Crippen molar-refractivity contribution in [2.45, 2.75) is 0 Å². The first-order chi connectivity index (χ1) is 9.42. The van der Waals surface area contributed by atoms with Gasteiger partial charge in [0.1, 0.15) is 5.69 Å². The quantitative estimate of drug-likeness (QED) is 0.525. The maximum atomic E-state index is 4.69. The molecular formula is C15H10N4. The van der Waals surface area contributed by atoms with Crippen molar-refractivity contribution < 1.29 is 0 Å². The number of pyridine rings is 2. The fraction of sp³-hybridized carbons (Fsp3) is 0. The SMILES string of the molecule is c1cnc2c(c1)ccc1ccc(-c3ncc[nH]3)nc12. The van der Waals surface area contributed by atoms with E-state index in [4.69, 9.17) is 0 Å². The molecule has 0 spiro atoms.